The van der Waals surface area contributed by atoms with Gasteiger partial charge in [0.1, 0.15) is 0 Å². The molecule has 140 valence electrons. The first-order valence-electron chi connectivity index (χ1n) is 9.26. The Labute approximate surface area is 159 Å². The van der Waals surface area contributed by atoms with Crippen molar-refractivity contribution < 1.29 is 19.1 Å². The number of carbonyl (C=O) groups excluding carboxylic acids is 2. The van der Waals surface area contributed by atoms with Crippen molar-refractivity contribution in [2.75, 3.05) is 0 Å². The summed E-state index contributed by atoms with van der Waals surface area (Å²) in [5.41, 5.74) is 0.699. The van der Waals surface area contributed by atoms with Gasteiger partial charge in [-0.05, 0) is 40.1 Å². The molecule has 0 N–H and O–H groups in total. The summed E-state index contributed by atoms with van der Waals surface area (Å²) in [6, 6.07) is 18.0. The van der Waals surface area contributed by atoms with Crippen molar-refractivity contribution in [1.82, 2.24) is 0 Å². The molecule has 0 unspecified atom stereocenters. The van der Waals surface area contributed by atoms with E-state index >= 15 is 0 Å². The minimum absolute atomic E-state index is 0.411. The van der Waals surface area contributed by atoms with E-state index in [1.807, 2.05) is 43.3 Å². The minimum Gasteiger partial charge on any atom is -0.418 e. The second kappa shape index (κ2) is 7.78. The predicted molar refractivity (Wildman–Crippen MR) is 106 cm³/mol. The van der Waals surface area contributed by atoms with Gasteiger partial charge in [-0.2, -0.15) is 0 Å². The number of rotatable bonds is 6. The van der Waals surface area contributed by atoms with Gasteiger partial charge in [0, 0.05) is 25.8 Å². The minimum atomic E-state index is -1.42. The van der Waals surface area contributed by atoms with Crippen LogP contribution < -0.4 is 0 Å². The fourth-order valence-corrected chi connectivity index (χ4v) is 3.54. The molecule has 4 nitrogen and oxygen atoms in total. The molecule has 0 fully saturated rings. The lowest BCUT2D eigenvalue weighted by Crippen LogP contribution is -2.37. The van der Waals surface area contributed by atoms with E-state index in [4.69, 9.17) is 9.47 Å². The third-order valence-corrected chi connectivity index (χ3v) is 4.63. The summed E-state index contributed by atoms with van der Waals surface area (Å²) in [6.07, 6.45) is 2.05. The summed E-state index contributed by atoms with van der Waals surface area (Å²) >= 11 is 0. The molecule has 4 heteroatoms. The van der Waals surface area contributed by atoms with Crippen LogP contribution in [0.5, 0.6) is 0 Å². The van der Waals surface area contributed by atoms with Gasteiger partial charge in [-0.1, -0.05) is 55.8 Å². The number of hydrogen-bond acceptors (Lipinski definition) is 4. The molecule has 3 aromatic rings. The first-order valence-corrected chi connectivity index (χ1v) is 9.26. The highest BCUT2D eigenvalue weighted by atomic mass is 16.7. The number of benzene rings is 3. The maximum Gasteiger partial charge on any atom is 0.306 e. The van der Waals surface area contributed by atoms with Crippen LogP contribution in [0.1, 0.15) is 45.6 Å². The number of carbonyl (C=O) groups is 2. The summed E-state index contributed by atoms with van der Waals surface area (Å²) in [5.74, 6) is -2.38. The van der Waals surface area contributed by atoms with E-state index in [1.54, 1.807) is 0 Å². The van der Waals surface area contributed by atoms with Crippen LogP contribution in [0.4, 0.5) is 0 Å². The van der Waals surface area contributed by atoms with Gasteiger partial charge in [-0.25, -0.2) is 0 Å². The molecule has 0 aliphatic carbocycles. The van der Waals surface area contributed by atoms with Gasteiger partial charge in [-0.15, -0.1) is 0 Å². The van der Waals surface area contributed by atoms with Gasteiger partial charge in [0.05, 0.1) is 0 Å². The normalized spacial score (nSPS) is 11.5. The van der Waals surface area contributed by atoms with Crippen LogP contribution in [0.2, 0.25) is 0 Å². The van der Waals surface area contributed by atoms with Crippen LogP contribution in [-0.4, -0.2) is 11.9 Å². The molecule has 0 saturated heterocycles. The van der Waals surface area contributed by atoms with Gasteiger partial charge < -0.3 is 9.47 Å². The molecule has 0 saturated carbocycles. The molecule has 0 bridgehead atoms. The number of ether oxygens (including phenoxy) is 2. The maximum atomic E-state index is 11.9. The summed E-state index contributed by atoms with van der Waals surface area (Å²) in [4.78, 5) is 23.8. The number of esters is 2. The van der Waals surface area contributed by atoms with Crippen molar-refractivity contribution in [2.24, 2.45) is 0 Å². The van der Waals surface area contributed by atoms with E-state index in [0.717, 1.165) is 34.4 Å². The zero-order valence-corrected chi connectivity index (χ0v) is 16.0. The Bertz CT molecular complexity index is 974. The van der Waals surface area contributed by atoms with Crippen LogP contribution in [0, 0.1) is 0 Å². The molecule has 3 aromatic carbocycles. The smallest absolute Gasteiger partial charge is 0.306 e. The summed E-state index contributed by atoms with van der Waals surface area (Å²) in [6.45, 7) is 4.72. The predicted octanol–water partition coefficient (Wildman–Crippen LogP) is 5.46. The molecule has 0 aliphatic rings. The SMILES string of the molecule is CCCCC(OC(C)=O)(OC(C)=O)c1cccc2cc3ccccc3cc12. The highest BCUT2D eigenvalue weighted by molar-refractivity contribution is 6.00. The van der Waals surface area contributed by atoms with Crippen LogP contribution in [-0.2, 0) is 24.8 Å². The van der Waals surface area contributed by atoms with Gasteiger partial charge in [-0.3, -0.25) is 9.59 Å². The third kappa shape index (κ3) is 3.95. The van der Waals surface area contributed by atoms with Crippen molar-refractivity contribution in [2.45, 2.75) is 45.8 Å². The molecule has 0 amide bonds. The molecule has 0 atom stereocenters. The molecule has 27 heavy (non-hydrogen) atoms. The zero-order chi connectivity index (χ0) is 19.4. The van der Waals surface area contributed by atoms with E-state index < -0.39 is 17.7 Å². The molecule has 0 aliphatic heterocycles. The van der Waals surface area contributed by atoms with Crippen molar-refractivity contribution in [1.29, 1.82) is 0 Å². The average molecular weight is 364 g/mol. The van der Waals surface area contributed by atoms with Crippen LogP contribution in [0.15, 0.2) is 54.6 Å². The molecule has 0 aromatic heterocycles. The largest absolute Gasteiger partial charge is 0.418 e. The van der Waals surface area contributed by atoms with Crippen molar-refractivity contribution in [3.8, 4) is 0 Å². The Morgan fingerprint density at radius 2 is 1.44 bits per heavy atom. The molecule has 0 radical (unpaired) electrons. The lowest BCUT2D eigenvalue weighted by atomic mass is 9.92. The van der Waals surface area contributed by atoms with E-state index in [2.05, 4.69) is 18.2 Å². The van der Waals surface area contributed by atoms with Crippen molar-refractivity contribution in [3.05, 3.63) is 60.2 Å². The summed E-state index contributed by atoms with van der Waals surface area (Å²) in [7, 11) is 0. The molecular weight excluding hydrogens is 340 g/mol. The Kier molecular flexibility index (Phi) is 5.45. The Balaban J connectivity index is 2.28. The standard InChI is InChI=1S/C23H24O4/c1-4-5-13-23(26-16(2)24,27-17(3)25)22-12-8-11-20-14-18-9-6-7-10-19(18)15-21(20)22/h6-12,14-15H,4-5,13H2,1-3H3. The Hall–Kier alpha value is -2.88. The van der Waals surface area contributed by atoms with Crippen LogP contribution in [0.25, 0.3) is 21.5 Å². The highest BCUT2D eigenvalue weighted by Gasteiger charge is 2.40. The van der Waals surface area contributed by atoms with E-state index in [0.29, 0.717) is 12.0 Å². The molecule has 0 heterocycles. The van der Waals surface area contributed by atoms with E-state index in [9.17, 15) is 9.59 Å². The quantitative estimate of drug-likeness (QED) is 0.331. The second-order valence-corrected chi connectivity index (χ2v) is 6.77. The number of hydrogen-bond donors (Lipinski definition) is 0. The van der Waals surface area contributed by atoms with Gasteiger partial charge in [0.25, 0.3) is 5.79 Å². The number of fused-ring (bicyclic) bond motifs is 2. The van der Waals surface area contributed by atoms with Crippen molar-refractivity contribution in [3.63, 3.8) is 0 Å². The summed E-state index contributed by atoms with van der Waals surface area (Å²) in [5, 5.41) is 4.12. The Morgan fingerprint density at radius 1 is 0.852 bits per heavy atom. The van der Waals surface area contributed by atoms with Gasteiger partial charge in [0.2, 0.25) is 0 Å². The van der Waals surface area contributed by atoms with E-state index in [-0.39, 0.29) is 0 Å². The van der Waals surface area contributed by atoms with Gasteiger partial charge in [0.15, 0.2) is 0 Å². The first-order chi connectivity index (χ1) is 12.9. The zero-order valence-electron chi connectivity index (χ0n) is 16.0. The van der Waals surface area contributed by atoms with Crippen LogP contribution in [0.3, 0.4) is 0 Å². The molecule has 0 spiro atoms. The Morgan fingerprint density at radius 3 is 2.04 bits per heavy atom. The van der Waals surface area contributed by atoms with Crippen molar-refractivity contribution >= 4 is 33.5 Å². The topological polar surface area (TPSA) is 52.6 Å². The lowest BCUT2D eigenvalue weighted by Gasteiger charge is -2.33. The molecular formula is C23H24O4. The monoisotopic (exact) mass is 364 g/mol. The fraction of sp³-hybridized carbons (Fsp3) is 0.304. The first kappa shape index (κ1) is 18.9. The number of unbranched alkanes of at least 4 members (excludes halogenated alkanes) is 1. The highest BCUT2D eigenvalue weighted by Crippen LogP contribution is 2.39. The second-order valence-electron chi connectivity index (χ2n) is 6.77. The van der Waals surface area contributed by atoms with E-state index in [1.165, 1.54) is 13.8 Å². The molecule has 3 rings (SSSR count). The third-order valence-electron chi connectivity index (χ3n) is 4.63. The fourth-order valence-electron chi connectivity index (χ4n) is 3.54. The average Bonchev–Trinajstić information content (AvgIpc) is 2.63. The van der Waals surface area contributed by atoms with Gasteiger partial charge >= 0.3 is 11.9 Å². The van der Waals surface area contributed by atoms with Crippen LogP contribution >= 0.6 is 0 Å². The summed E-state index contributed by atoms with van der Waals surface area (Å²) < 4.78 is 11.4. The lowest BCUT2D eigenvalue weighted by molar-refractivity contribution is -0.234. The maximum absolute atomic E-state index is 11.9.